The summed E-state index contributed by atoms with van der Waals surface area (Å²) >= 11 is 0. The van der Waals surface area contributed by atoms with Crippen LogP contribution in [0.25, 0.3) is 10.9 Å². The van der Waals surface area contributed by atoms with E-state index < -0.39 is 17.5 Å². The van der Waals surface area contributed by atoms with Gasteiger partial charge in [-0.2, -0.15) is 0 Å². The highest BCUT2D eigenvalue weighted by molar-refractivity contribution is 5.99. The molecule has 140 valence electrons. The van der Waals surface area contributed by atoms with E-state index in [9.17, 15) is 18.8 Å². The number of halogens is 1. The van der Waals surface area contributed by atoms with E-state index in [0.717, 1.165) is 12.4 Å². The molecule has 2 amide bonds. The second kappa shape index (κ2) is 7.40. The zero-order valence-electron chi connectivity index (χ0n) is 14.7. The Kier molecular flexibility index (Phi) is 5.02. The van der Waals surface area contributed by atoms with E-state index in [1.807, 2.05) is 0 Å². The molecule has 1 unspecified atom stereocenters. The monoisotopic (exact) mass is 371 g/mol. The van der Waals surface area contributed by atoms with E-state index >= 15 is 0 Å². The number of amides is 2. The number of carbonyl (C=O) groups is 2. The van der Waals surface area contributed by atoms with Gasteiger partial charge < -0.3 is 20.6 Å². The number of carbonyl (C=O) groups excluding carboxylic acids is 2. The molecule has 4 N–H and O–H groups in total. The molecule has 9 heteroatoms. The van der Waals surface area contributed by atoms with Crippen LogP contribution in [-0.4, -0.2) is 39.4 Å². The Morgan fingerprint density at radius 2 is 2.04 bits per heavy atom. The SMILES string of the molecule is Cc1c(F)ccc2[nH]c(C(=O)NCC(C)NC(=O)c3cc(=O)[nH]cn3)cc12. The van der Waals surface area contributed by atoms with Crippen LogP contribution in [0.1, 0.15) is 33.5 Å². The molecule has 0 aliphatic rings. The van der Waals surface area contributed by atoms with E-state index in [4.69, 9.17) is 0 Å². The molecule has 3 rings (SSSR count). The smallest absolute Gasteiger partial charge is 0.270 e. The minimum Gasteiger partial charge on any atom is -0.351 e. The Balaban J connectivity index is 1.61. The maximum absolute atomic E-state index is 13.6. The quantitative estimate of drug-likeness (QED) is 0.539. The summed E-state index contributed by atoms with van der Waals surface area (Å²) in [4.78, 5) is 44.6. The van der Waals surface area contributed by atoms with Crippen molar-refractivity contribution in [1.82, 2.24) is 25.6 Å². The van der Waals surface area contributed by atoms with Gasteiger partial charge in [0.05, 0.1) is 6.33 Å². The molecule has 8 nitrogen and oxygen atoms in total. The van der Waals surface area contributed by atoms with Crippen molar-refractivity contribution in [2.24, 2.45) is 0 Å². The molecule has 0 saturated carbocycles. The van der Waals surface area contributed by atoms with Gasteiger partial charge in [-0.25, -0.2) is 9.37 Å². The fraction of sp³-hybridized carbons (Fsp3) is 0.222. The van der Waals surface area contributed by atoms with Crippen LogP contribution in [0.2, 0.25) is 0 Å². The predicted molar refractivity (Wildman–Crippen MR) is 97.1 cm³/mol. The first-order valence-corrected chi connectivity index (χ1v) is 8.27. The standard InChI is InChI=1S/C18H18FN5O3/c1-9(23-18(27)14-6-16(25)22-8-21-14)7-20-17(26)15-5-11-10(2)12(19)3-4-13(11)24-15/h3-6,8-9,24H,7H2,1-2H3,(H,20,26)(H,23,27)(H,21,22,25). The number of hydrogen-bond acceptors (Lipinski definition) is 4. The van der Waals surface area contributed by atoms with Crippen LogP contribution >= 0.6 is 0 Å². The highest BCUT2D eigenvalue weighted by Crippen LogP contribution is 2.21. The van der Waals surface area contributed by atoms with Crippen LogP contribution in [0.5, 0.6) is 0 Å². The van der Waals surface area contributed by atoms with Crippen molar-refractivity contribution in [3.05, 3.63) is 63.7 Å². The number of aromatic amines is 2. The molecule has 1 aromatic carbocycles. The lowest BCUT2D eigenvalue weighted by molar-refractivity contribution is 0.0907. The van der Waals surface area contributed by atoms with E-state index in [1.165, 1.54) is 6.07 Å². The van der Waals surface area contributed by atoms with E-state index in [2.05, 4.69) is 25.6 Å². The van der Waals surface area contributed by atoms with Crippen LogP contribution in [0.4, 0.5) is 4.39 Å². The second-order valence-corrected chi connectivity index (χ2v) is 6.20. The summed E-state index contributed by atoms with van der Waals surface area (Å²) < 4.78 is 13.6. The molecule has 3 aromatic rings. The zero-order valence-corrected chi connectivity index (χ0v) is 14.7. The fourth-order valence-electron chi connectivity index (χ4n) is 2.63. The summed E-state index contributed by atoms with van der Waals surface area (Å²) in [7, 11) is 0. The molecule has 2 aromatic heterocycles. The number of aryl methyl sites for hydroxylation is 1. The van der Waals surface area contributed by atoms with Gasteiger partial charge >= 0.3 is 0 Å². The minimum atomic E-state index is -0.514. The van der Waals surface area contributed by atoms with Crippen LogP contribution in [-0.2, 0) is 0 Å². The molecule has 0 aliphatic heterocycles. The number of rotatable bonds is 5. The van der Waals surface area contributed by atoms with Crippen LogP contribution < -0.4 is 16.2 Å². The van der Waals surface area contributed by atoms with Crippen molar-refractivity contribution in [2.75, 3.05) is 6.54 Å². The van der Waals surface area contributed by atoms with Gasteiger partial charge in [-0.15, -0.1) is 0 Å². The average molecular weight is 371 g/mol. The van der Waals surface area contributed by atoms with Crippen molar-refractivity contribution in [1.29, 1.82) is 0 Å². The molecule has 0 bridgehead atoms. The van der Waals surface area contributed by atoms with E-state index in [0.29, 0.717) is 22.2 Å². The number of nitrogens with one attached hydrogen (secondary N) is 4. The highest BCUT2D eigenvalue weighted by atomic mass is 19.1. The summed E-state index contributed by atoms with van der Waals surface area (Å²) in [6.45, 7) is 3.51. The predicted octanol–water partition coefficient (Wildman–Crippen LogP) is 1.25. The summed E-state index contributed by atoms with van der Waals surface area (Å²) in [5.41, 5.74) is 0.995. The zero-order chi connectivity index (χ0) is 19.6. The maximum Gasteiger partial charge on any atom is 0.270 e. The molecule has 0 saturated heterocycles. The largest absolute Gasteiger partial charge is 0.351 e. The normalized spacial score (nSPS) is 12.0. The first kappa shape index (κ1) is 18.3. The first-order chi connectivity index (χ1) is 12.8. The number of H-pyrrole nitrogens is 2. The molecular formula is C18H18FN5O3. The van der Waals surface area contributed by atoms with Crippen molar-refractivity contribution in [2.45, 2.75) is 19.9 Å². The lowest BCUT2D eigenvalue weighted by Gasteiger charge is -2.14. The molecule has 1 atom stereocenters. The summed E-state index contributed by atoms with van der Waals surface area (Å²) in [6.07, 6.45) is 1.14. The molecule has 27 heavy (non-hydrogen) atoms. The number of nitrogens with zero attached hydrogens (tertiary/aromatic N) is 1. The molecule has 0 spiro atoms. The Hall–Kier alpha value is -3.49. The molecule has 2 heterocycles. The topological polar surface area (TPSA) is 120 Å². The lowest BCUT2D eigenvalue weighted by atomic mass is 10.1. The van der Waals surface area contributed by atoms with Crippen molar-refractivity contribution in [3.8, 4) is 0 Å². The summed E-state index contributed by atoms with van der Waals surface area (Å²) in [6, 6.07) is 5.20. The lowest BCUT2D eigenvalue weighted by Crippen LogP contribution is -2.42. The number of benzene rings is 1. The number of fused-ring (bicyclic) bond motifs is 1. The van der Waals surface area contributed by atoms with Gasteiger partial charge in [0.25, 0.3) is 17.4 Å². The Morgan fingerprint density at radius 3 is 2.78 bits per heavy atom. The van der Waals surface area contributed by atoms with Gasteiger partial charge in [-0.3, -0.25) is 14.4 Å². The number of aromatic nitrogens is 3. The van der Waals surface area contributed by atoms with Gasteiger partial charge in [0.15, 0.2) is 0 Å². The van der Waals surface area contributed by atoms with E-state index in [1.54, 1.807) is 26.0 Å². The van der Waals surface area contributed by atoms with Crippen LogP contribution in [0.3, 0.4) is 0 Å². The number of hydrogen-bond donors (Lipinski definition) is 4. The average Bonchev–Trinajstić information content (AvgIpc) is 3.08. The van der Waals surface area contributed by atoms with Crippen molar-refractivity contribution < 1.29 is 14.0 Å². The summed E-state index contributed by atoms with van der Waals surface area (Å²) in [5.74, 6) is -1.22. The summed E-state index contributed by atoms with van der Waals surface area (Å²) in [5, 5.41) is 5.98. The van der Waals surface area contributed by atoms with Crippen LogP contribution in [0.15, 0.2) is 35.4 Å². The Bertz CT molecular complexity index is 1070. The third kappa shape index (κ3) is 4.02. The van der Waals surface area contributed by atoms with Gasteiger partial charge in [0.2, 0.25) is 0 Å². The Labute approximate surface area is 153 Å². The Morgan fingerprint density at radius 1 is 1.26 bits per heavy atom. The molecular weight excluding hydrogens is 353 g/mol. The first-order valence-electron chi connectivity index (χ1n) is 8.27. The van der Waals surface area contributed by atoms with Gasteiger partial charge in [-0.1, -0.05) is 0 Å². The van der Waals surface area contributed by atoms with Crippen molar-refractivity contribution in [3.63, 3.8) is 0 Å². The van der Waals surface area contributed by atoms with Crippen molar-refractivity contribution >= 4 is 22.7 Å². The van der Waals surface area contributed by atoms with E-state index in [-0.39, 0.29) is 24.0 Å². The third-order valence-electron chi connectivity index (χ3n) is 4.11. The van der Waals surface area contributed by atoms with Gasteiger partial charge in [0.1, 0.15) is 17.2 Å². The highest BCUT2D eigenvalue weighted by Gasteiger charge is 2.15. The van der Waals surface area contributed by atoms with Gasteiger partial charge in [-0.05, 0) is 37.6 Å². The minimum absolute atomic E-state index is 0.00922. The molecule has 0 radical (unpaired) electrons. The van der Waals surface area contributed by atoms with Gasteiger partial charge in [0, 0.05) is 29.6 Å². The molecule has 0 aliphatic carbocycles. The van der Waals surface area contributed by atoms with Crippen LogP contribution in [0, 0.1) is 12.7 Å². The maximum atomic E-state index is 13.6. The fourth-order valence-corrected chi connectivity index (χ4v) is 2.63. The second-order valence-electron chi connectivity index (χ2n) is 6.20. The molecule has 0 fully saturated rings. The third-order valence-corrected chi connectivity index (χ3v) is 4.11.